The summed E-state index contributed by atoms with van der Waals surface area (Å²) in [5, 5.41) is 28.6. The largest absolute Gasteiger partial charge is 0.394 e. The average molecular weight is 638 g/mol. The first-order chi connectivity index (χ1) is 21.3. The number of aliphatic hydroxyl groups is 2. The molecule has 246 valence electrons. The second kappa shape index (κ2) is 15.6. The number of halogens is 2. The maximum Gasteiger partial charge on any atom is 0.351 e. The van der Waals surface area contributed by atoms with E-state index in [4.69, 9.17) is 15.6 Å². The Morgan fingerprint density at radius 3 is 2.33 bits per heavy atom. The summed E-state index contributed by atoms with van der Waals surface area (Å²) in [6, 6.07) is 7.82. The van der Waals surface area contributed by atoms with Gasteiger partial charge in [0.15, 0.2) is 6.10 Å². The number of carbonyl (C=O) groups excluding carboxylic acids is 4. The summed E-state index contributed by atoms with van der Waals surface area (Å²) in [6.45, 7) is 1.79. The molecule has 2 heterocycles. The Morgan fingerprint density at radius 1 is 1.07 bits per heavy atom. The molecule has 0 radical (unpaired) electrons. The van der Waals surface area contributed by atoms with Gasteiger partial charge in [-0.05, 0) is 24.0 Å². The van der Waals surface area contributed by atoms with Crippen molar-refractivity contribution in [2.24, 2.45) is 11.7 Å². The van der Waals surface area contributed by atoms with E-state index in [0.717, 1.165) is 17.8 Å². The van der Waals surface area contributed by atoms with E-state index < -0.39 is 78.9 Å². The molecule has 2 aromatic rings. The number of aliphatic hydroxyl groups excluding tert-OH is 2. The molecule has 1 aromatic heterocycles. The van der Waals surface area contributed by atoms with Gasteiger partial charge in [-0.1, -0.05) is 44.2 Å². The molecule has 0 aliphatic carbocycles. The Balaban J connectivity index is 1.63. The summed E-state index contributed by atoms with van der Waals surface area (Å²) in [7, 11) is 0. The molecule has 0 spiro atoms. The molecular weight excluding hydrogens is 600 g/mol. The SMILES string of the molecule is CC(C)CC(NC(=O)C(Cc1ccccc1)NC(=O)CN)C(=O)NCC(=O)Nc1ccn([C@@H]2OC(CO)C(O)C2(F)F)c(=O)n1. The van der Waals surface area contributed by atoms with Crippen molar-refractivity contribution in [3.63, 3.8) is 0 Å². The summed E-state index contributed by atoms with van der Waals surface area (Å²) in [4.78, 5) is 66.6. The van der Waals surface area contributed by atoms with Gasteiger partial charge in [0.1, 0.15) is 24.0 Å². The highest BCUT2D eigenvalue weighted by molar-refractivity contribution is 5.96. The van der Waals surface area contributed by atoms with Gasteiger partial charge in [0.25, 0.3) is 0 Å². The predicted octanol–water partition coefficient (Wildman–Crippen LogP) is -1.60. The summed E-state index contributed by atoms with van der Waals surface area (Å²) in [5.74, 6) is -7.00. The smallest absolute Gasteiger partial charge is 0.351 e. The lowest BCUT2D eigenvalue weighted by Gasteiger charge is -2.24. The number of hydrogen-bond acceptors (Lipinski definition) is 10. The second-order valence-corrected chi connectivity index (χ2v) is 10.8. The van der Waals surface area contributed by atoms with E-state index in [1.54, 1.807) is 30.3 Å². The molecule has 8 N–H and O–H groups in total. The highest BCUT2D eigenvalue weighted by atomic mass is 19.3. The molecule has 1 aliphatic rings. The maximum atomic E-state index is 14.4. The quantitative estimate of drug-likeness (QED) is 0.126. The van der Waals surface area contributed by atoms with Crippen LogP contribution in [0.25, 0.3) is 0 Å². The van der Waals surface area contributed by atoms with E-state index in [1.807, 2.05) is 13.8 Å². The third-order valence-electron chi connectivity index (χ3n) is 6.79. The lowest BCUT2D eigenvalue weighted by atomic mass is 10.0. The zero-order chi connectivity index (χ0) is 33.3. The van der Waals surface area contributed by atoms with Crippen molar-refractivity contribution in [3.05, 3.63) is 58.6 Å². The molecule has 3 rings (SSSR count). The van der Waals surface area contributed by atoms with Gasteiger partial charge < -0.3 is 42.0 Å². The highest BCUT2D eigenvalue weighted by Gasteiger charge is 2.59. The first-order valence-electron chi connectivity index (χ1n) is 14.1. The summed E-state index contributed by atoms with van der Waals surface area (Å²) in [6.07, 6.45) is -5.01. The Hall–Kier alpha value is -4.32. The molecule has 1 fully saturated rings. The minimum absolute atomic E-state index is 0.0539. The zero-order valence-electron chi connectivity index (χ0n) is 24.6. The van der Waals surface area contributed by atoms with Gasteiger partial charge in [0.05, 0.1) is 19.7 Å². The summed E-state index contributed by atoms with van der Waals surface area (Å²) >= 11 is 0. The fourth-order valence-corrected chi connectivity index (χ4v) is 4.54. The third kappa shape index (κ3) is 9.34. The maximum absolute atomic E-state index is 14.4. The Morgan fingerprint density at radius 2 is 1.76 bits per heavy atom. The van der Waals surface area contributed by atoms with Gasteiger partial charge in [-0.3, -0.25) is 23.7 Å². The molecule has 5 atom stereocenters. The van der Waals surface area contributed by atoms with Crippen molar-refractivity contribution in [1.29, 1.82) is 0 Å². The predicted molar refractivity (Wildman–Crippen MR) is 155 cm³/mol. The molecule has 0 bridgehead atoms. The number of carbonyl (C=O) groups is 4. The van der Waals surface area contributed by atoms with Gasteiger partial charge in [0, 0.05) is 12.6 Å². The number of nitrogens with one attached hydrogen (secondary N) is 4. The number of anilines is 1. The van der Waals surface area contributed by atoms with Gasteiger partial charge in [-0.25, -0.2) is 4.79 Å². The molecular formula is C28H37F2N7O8. The molecule has 4 unspecified atom stereocenters. The van der Waals surface area contributed by atoms with Crippen LogP contribution >= 0.6 is 0 Å². The minimum Gasteiger partial charge on any atom is -0.394 e. The second-order valence-electron chi connectivity index (χ2n) is 10.8. The molecule has 45 heavy (non-hydrogen) atoms. The van der Waals surface area contributed by atoms with Crippen LogP contribution in [0.2, 0.25) is 0 Å². The first-order valence-corrected chi connectivity index (χ1v) is 14.1. The van der Waals surface area contributed by atoms with E-state index in [2.05, 4.69) is 26.3 Å². The monoisotopic (exact) mass is 637 g/mol. The van der Waals surface area contributed by atoms with Crippen molar-refractivity contribution in [2.75, 3.05) is 25.0 Å². The van der Waals surface area contributed by atoms with Gasteiger partial charge >= 0.3 is 11.6 Å². The van der Waals surface area contributed by atoms with E-state index in [-0.39, 0.29) is 31.1 Å². The fraction of sp³-hybridized carbons (Fsp3) is 0.500. The number of benzene rings is 1. The topological polar surface area (TPSA) is 227 Å². The van der Waals surface area contributed by atoms with Gasteiger partial charge in [0.2, 0.25) is 29.9 Å². The molecule has 15 nitrogen and oxygen atoms in total. The number of amides is 4. The van der Waals surface area contributed by atoms with Crippen molar-refractivity contribution in [2.45, 2.75) is 63.1 Å². The van der Waals surface area contributed by atoms with Gasteiger partial charge in [-0.15, -0.1) is 0 Å². The van der Waals surface area contributed by atoms with Crippen LogP contribution in [0.5, 0.6) is 0 Å². The third-order valence-corrected chi connectivity index (χ3v) is 6.79. The summed E-state index contributed by atoms with van der Waals surface area (Å²) < 4.78 is 34.1. The molecule has 17 heteroatoms. The van der Waals surface area contributed by atoms with Crippen LogP contribution in [0.4, 0.5) is 14.6 Å². The van der Waals surface area contributed by atoms with Crippen LogP contribution in [-0.2, 0) is 30.3 Å². The van der Waals surface area contributed by atoms with Crippen molar-refractivity contribution in [1.82, 2.24) is 25.5 Å². The number of rotatable bonds is 14. The fourth-order valence-electron chi connectivity index (χ4n) is 4.54. The van der Waals surface area contributed by atoms with E-state index in [1.165, 1.54) is 0 Å². The Bertz CT molecular complexity index is 1410. The molecule has 1 saturated heterocycles. The van der Waals surface area contributed by atoms with E-state index in [9.17, 15) is 37.9 Å². The lowest BCUT2D eigenvalue weighted by molar-refractivity contribution is -0.141. The van der Waals surface area contributed by atoms with Crippen molar-refractivity contribution < 1.29 is 42.9 Å². The van der Waals surface area contributed by atoms with Crippen LogP contribution in [-0.4, -0.2) is 93.3 Å². The molecule has 0 saturated carbocycles. The van der Waals surface area contributed by atoms with E-state index >= 15 is 0 Å². The number of ether oxygens (including phenoxy) is 1. The normalized spacial score (nSPS) is 20.2. The molecule has 1 aliphatic heterocycles. The highest BCUT2D eigenvalue weighted by Crippen LogP contribution is 2.41. The van der Waals surface area contributed by atoms with Crippen LogP contribution in [0.1, 0.15) is 32.1 Å². The lowest BCUT2D eigenvalue weighted by Crippen LogP contribution is -2.55. The van der Waals surface area contributed by atoms with Crippen LogP contribution in [0.15, 0.2) is 47.4 Å². The zero-order valence-corrected chi connectivity index (χ0v) is 24.6. The summed E-state index contributed by atoms with van der Waals surface area (Å²) in [5.41, 5.74) is 4.92. The van der Waals surface area contributed by atoms with Crippen LogP contribution < -0.4 is 32.7 Å². The minimum atomic E-state index is -3.91. The number of hydrogen-bond donors (Lipinski definition) is 7. The Kier molecular flexibility index (Phi) is 12.2. The molecule has 4 amide bonds. The number of alkyl halides is 2. The number of nitrogens with zero attached hydrogens (tertiary/aromatic N) is 2. The van der Waals surface area contributed by atoms with Crippen molar-refractivity contribution in [3.8, 4) is 0 Å². The first kappa shape index (κ1) is 35.2. The van der Waals surface area contributed by atoms with Crippen molar-refractivity contribution >= 4 is 29.4 Å². The van der Waals surface area contributed by atoms with Crippen LogP contribution in [0, 0.1) is 5.92 Å². The van der Waals surface area contributed by atoms with Crippen LogP contribution in [0.3, 0.4) is 0 Å². The standard InChI is InChI=1S/C28H37F2N7O8/c1-15(2)10-17(34-25(43)18(33-21(39)12-31)11-16-6-4-3-5-7-16)24(42)32-13-22(40)35-20-8-9-37(27(44)36-20)26-28(29,30)23(41)19(14-38)45-26/h3-9,15,17-19,23,26,38,41H,10-14,31H2,1-2H3,(H,32,42)(H,33,39)(H,34,43)(H,35,36,40,44)/t17?,18?,19?,23?,26-/m1/s1. The van der Waals surface area contributed by atoms with E-state index in [0.29, 0.717) is 4.57 Å². The number of aromatic nitrogens is 2. The Labute approximate surface area is 256 Å². The van der Waals surface area contributed by atoms with Gasteiger partial charge in [-0.2, -0.15) is 13.8 Å². The molecule has 1 aromatic carbocycles. The average Bonchev–Trinajstić information content (AvgIpc) is 3.22. The number of nitrogens with two attached hydrogens (primary N) is 1.